The van der Waals surface area contributed by atoms with E-state index in [1.807, 2.05) is 0 Å². The lowest BCUT2D eigenvalue weighted by atomic mass is 10.2. The molecule has 0 N–H and O–H groups in total. The van der Waals surface area contributed by atoms with Gasteiger partial charge in [-0.25, -0.2) is 13.4 Å². The maximum Gasteiger partial charge on any atom is 0.238 e. The zero-order valence-corrected chi connectivity index (χ0v) is 10.4. The molecule has 0 spiro atoms. The Kier molecular flexibility index (Phi) is 3.12. The van der Waals surface area contributed by atoms with Crippen LogP contribution in [0, 0.1) is 6.92 Å². The minimum atomic E-state index is -3.64. The van der Waals surface area contributed by atoms with Crippen LogP contribution in [0.25, 0.3) is 11.5 Å². The van der Waals surface area contributed by atoms with E-state index in [0.29, 0.717) is 17.1 Å². The summed E-state index contributed by atoms with van der Waals surface area (Å²) in [5.41, 5.74) is 1.43. The van der Waals surface area contributed by atoms with Crippen molar-refractivity contribution in [3.8, 4) is 11.5 Å². The second kappa shape index (κ2) is 4.42. The van der Waals surface area contributed by atoms with E-state index in [9.17, 15) is 8.42 Å². The zero-order valence-electron chi connectivity index (χ0n) is 8.79. The molecule has 0 amide bonds. The first-order valence-electron chi connectivity index (χ1n) is 4.61. The molecule has 0 aliphatic heterocycles. The molecule has 0 aromatic carbocycles. The lowest BCUT2D eigenvalue weighted by molar-refractivity contribution is 0.424. The topological polar surface area (TPSA) is 86.0 Å². The minimum Gasteiger partial charge on any atom is -0.354 e. The molecule has 17 heavy (non-hydrogen) atoms. The molecule has 8 heteroatoms. The molecule has 0 unspecified atom stereocenters. The molecule has 0 saturated heterocycles. The molecule has 0 aliphatic rings. The van der Waals surface area contributed by atoms with Gasteiger partial charge in [0.25, 0.3) is 0 Å². The lowest BCUT2D eigenvalue weighted by Gasteiger charge is -1.96. The van der Waals surface area contributed by atoms with E-state index < -0.39 is 9.05 Å². The molecule has 2 aromatic rings. The summed E-state index contributed by atoms with van der Waals surface area (Å²) in [6.07, 6.45) is 3.07. The molecule has 2 rings (SSSR count). The van der Waals surface area contributed by atoms with Crippen molar-refractivity contribution in [2.24, 2.45) is 0 Å². The first kappa shape index (κ1) is 12.0. The quantitative estimate of drug-likeness (QED) is 0.788. The Bertz CT molecular complexity index is 638. The van der Waals surface area contributed by atoms with Crippen LogP contribution in [0.2, 0.25) is 0 Å². The van der Waals surface area contributed by atoms with E-state index in [-0.39, 0.29) is 11.4 Å². The van der Waals surface area contributed by atoms with Gasteiger partial charge in [-0.15, -0.1) is 0 Å². The van der Waals surface area contributed by atoms with E-state index in [2.05, 4.69) is 15.1 Å². The molecule has 2 heterocycles. The van der Waals surface area contributed by atoms with E-state index in [1.165, 1.54) is 12.3 Å². The first-order chi connectivity index (χ1) is 7.96. The molecule has 2 aromatic heterocycles. The molecular formula is C9H8ClN3O3S. The van der Waals surface area contributed by atoms with Crippen molar-refractivity contribution in [3.05, 3.63) is 29.8 Å². The Labute approximate surface area is 102 Å². The maximum atomic E-state index is 10.9. The average Bonchev–Trinajstić information content (AvgIpc) is 2.64. The predicted molar refractivity (Wildman–Crippen MR) is 60.7 cm³/mol. The van der Waals surface area contributed by atoms with Gasteiger partial charge >= 0.3 is 0 Å². The minimum absolute atomic E-state index is 0.236. The number of hydrogen-bond donors (Lipinski definition) is 0. The smallest absolute Gasteiger partial charge is 0.238 e. The molecule has 6 nitrogen and oxygen atoms in total. The largest absolute Gasteiger partial charge is 0.354 e. The molecule has 0 aliphatic carbocycles. The average molecular weight is 274 g/mol. The molecule has 0 bridgehead atoms. The summed E-state index contributed by atoms with van der Waals surface area (Å²) in [6, 6.07) is 1.48. The van der Waals surface area contributed by atoms with Crippen molar-refractivity contribution in [2.45, 2.75) is 12.7 Å². The molecule has 0 atom stereocenters. The standard InChI is InChI=1S/C9H8ClN3O3S/c1-6-9(12-3-2-11-6)8-4-7(13-16-8)5-17(10,14)15/h2-4H,5H2,1H3. The number of aromatic nitrogens is 3. The van der Waals surface area contributed by atoms with Crippen molar-refractivity contribution < 1.29 is 12.9 Å². The first-order valence-corrected chi connectivity index (χ1v) is 7.09. The number of aryl methyl sites for hydroxylation is 1. The van der Waals surface area contributed by atoms with Crippen molar-refractivity contribution in [1.82, 2.24) is 15.1 Å². The molecule has 0 saturated carbocycles. The van der Waals surface area contributed by atoms with Crippen LogP contribution < -0.4 is 0 Å². The van der Waals surface area contributed by atoms with Gasteiger partial charge in [0.2, 0.25) is 9.05 Å². The second-order valence-electron chi connectivity index (χ2n) is 3.36. The summed E-state index contributed by atoms with van der Waals surface area (Å²) >= 11 is 0. The third-order valence-corrected chi connectivity index (χ3v) is 2.96. The summed E-state index contributed by atoms with van der Waals surface area (Å²) in [5.74, 6) is -0.0110. The van der Waals surface area contributed by atoms with E-state index >= 15 is 0 Å². The van der Waals surface area contributed by atoms with Gasteiger partial charge in [0.15, 0.2) is 5.76 Å². The second-order valence-corrected chi connectivity index (χ2v) is 6.13. The van der Waals surface area contributed by atoms with Gasteiger partial charge in [0.05, 0.1) is 5.69 Å². The van der Waals surface area contributed by atoms with Crippen molar-refractivity contribution in [3.63, 3.8) is 0 Å². The number of halogens is 1. The van der Waals surface area contributed by atoms with Crippen molar-refractivity contribution >= 4 is 19.7 Å². The summed E-state index contributed by atoms with van der Waals surface area (Å²) in [6.45, 7) is 1.77. The highest BCUT2D eigenvalue weighted by molar-refractivity contribution is 8.13. The number of rotatable bonds is 3. The van der Waals surface area contributed by atoms with Crippen LogP contribution in [0.5, 0.6) is 0 Å². The highest BCUT2D eigenvalue weighted by atomic mass is 35.7. The Morgan fingerprint density at radius 2 is 2.06 bits per heavy atom. The maximum absolute atomic E-state index is 10.9. The highest BCUT2D eigenvalue weighted by Crippen LogP contribution is 2.21. The Hall–Kier alpha value is -1.47. The van der Waals surface area contributed by atoms with Crippen LogP contribution in [0.15, 0.2) is 23.0 Å². The van der Waals surface area contributed by atoms with Crippen LogP contribution in [-0.4, -0.2) is 23.5 Å². The molecular weight excluding hydrogens is 266 g/mol. The van der Waals surface area contributed by atoms with Gasteiger partial charge in [-0.05, 0) is 6.92 Å². The van der Waals surface area contributed by atoms with E-state index in [1.54, 1.807) is 13.1 Å². The molecule has 0 fully saturated rings. The van der Waals surface area contributed by atoms with Gasteiger partial charge in [-0.2, -0.15) is 0 Å². The predicted octanol–water partition coefficient (Wildman–Crippen LogP) is 1.51. The monoisotopic (exact) mass is 273 g/mol. The van der Waals surface area contributed by atoms with Gasteiger partial charge in [0.1, 0.15) is 17.1 Å². The van der Waals surface area contributed by atoms with E-state index in [0.717, 1.165) is 0 Å². The zero-order chi connectivity index (χ0) is 12.5. The van der Waals surface area contributed by atoms with Crippen LogP contribution in [0.4, 0.5) is 0 Å². The third-order valence-electron chi connectivity index (χ3n) is 1.99. The molecule has 90 valence electrons. The fraction of sp³-hybridized carbons (Fsp3) is 0.222. The van der Waals surface area contributed by atoms with Gasteiger partial charge in [-0.3, -0.25) is 4.98 Å². The summed E-state index contributed by atoms with van der Waals surface area (Å²) in [4.78, 5) is 8.12. The van der Waals surface area contributed by atoms with Crippen LogP contribution >= 0.6 is 10.7 Å². The third kappa shape index (κ3) is 3.01. The lowest BCUT2D eigenvalue weighted by Crippen LogP contribution is -1.94. The van der Waals surface area contributed by atoms with Crippen LogP contribution in [0.1, 0.15) is 11.4 Å². The van der Waals surface area contributed by atoms with Gasteiger partial charge in [-0.1, -0.05) is 5.16 Å². The van der Waals surface area contributed by atoms with Crippen LogP contribution in [-0.2, 0) is 14.8 Å². The van der Waals surface area contributed by atoms with Gasteiger partial charge in [0, 0.05) is 29.1 Å². The number of nitrogens with zero attached hydrogens (tertiary/aromatic N) is 3. The summed E-state index contributed by atoms with van der Waals surface area (Å²) in [5, 5.41) is 3.61. The fourth-order valence-electron chi connectivity index (χ4n) is 1.32. The normalized spacial score (nSPS) is 11.6. The molecule has 0 radical (unpaired) electrons. The number of hydrogen-bond acceptors (Lipinski definition) is 6. The summed E-state index contributed by atoms with van der Waals surface area (Å²) in [7, 11) is 1.47. The van der Waals surface area contributed by atoms with Crippen molar-refractivity contribution in [1.29, 1.82) is 0 Å². The summed E-state index contributed by atoms with van der Waals surface area (Å²) < 4.78 is 26.7. The Balaban J connectivity index is 2.34. The van der Waals surface area contributed by atoms with Crippen LogP contribution in [0.3, 0.4) is 0 Å². The SMILES string of the molecule is Cc1nccnc1-c1cc(CS(=O)(=O)Cl)no1. The Morgan fingerprint density at radius 1 is 1.35 bits per heavy atom. The Morgan fingerprint density at radius 3 is 2.71 bits per heavy atom. The van der Waals surface area contributed by atoms with Gasteiger partial charge < -0.3 is 4.52 Å². The van der Waals surface area contributed by atoms with E-state index in [4.69, 9.17) is 15.2 Å². The fourth-order valence-corrected chi connectivity index (χ4v) is 2.14. The highest BCUT2D eigenvalue weighted by Gasteiger charge is 2.15. The van der Waals surface area contributed by atoms with Crippen molar-refractivity contribution in [2.75, 3.05) is 0 Å².